The summed E-state index contributed by atoms with van der Waals surface area (Å²) in [5.74, 6) is 0. The number of halogens is 4. The maximum atomic E-state index is 3.82. The van der Waals surface area contributed by atoms with Gasteiger partial charge in [-0.3, -0.25) is 0 Å². The van der Waals surface area contributed by atoms with Gasteiger partial charge >= 0.3 is 279 Å². The Kier molecular flexibility index (Phi) is 11.1. The van der Waals surface area contributed by atoms with Crippen molar-refractivity contribution in [3.05, 3.63) is 143 Å². The molecule has 0 saturated carbocycles. The van der Waals surface area contributed by atoms with E-state index < -0.39 is 21.3 Å². The Bertz CT molecular complexity index is 1770. The van der Waals surface area contributed by atoms with E-state index in [2.05, 4.69) is 170 Å². The molecular weight excluding hydrogens is 790 g/mol. The van der Waals surface area contributed by atoms with Gasteiger partial charge in [0.05, 0.1) is 0 Å². The average molecular weight is 829 g/mol. The van der Waals surface area contributed by atoms with Crippen molar-refractivity contribution in [2.45, 2.75) is 65.2 Å². The van der Waals surface area contributed by atoms with E-state index in [4.69, 9.17) is 0 Å². The minimum atomic E-state index is -2.80. The molecule has 0 heterocycles. The molecular formula is C39H38Br2Cl2Zr. The van der Waals surface area contributed by atoms with Crippen LogP contribution in [-0.2, 0) is 38.5 Å². The van der Waals surface area contributed by atoms with Crippen molar-refractivity contribution >= 4 is 38.3 Å². The van der Waals surface area contributed by atoms with Crippen LogP contribution >= 0.6 is 31.9 Å². The molecule has 0 spiro atoms. The van der Waals surface area contributed by atoms with Gasteiger partial charge in [0.1, 0.15) is 0 Å². The average Bonchev–Trinajstić information content (AvgIpc) is 3.58. The third kappa shape index (κ3) is 6.99. The van der Waals surface area contributed by atoms with E-state index in [0.717, 1.165) is 21.8 Å². The first kappa shape index (κ1) is 35.5. The summed E-state index contributed by atoms with van der Waals surface area (Å²) in [5, 5.41) is 0. The number of hydrogen-bond acceptors (Lipinski definition) is 0. The molecule has 0 bridgehead atoms. The van der Waals surface area contributed by atoms with Crippen LogP contribution < -0.4 is 28.1 Å². The summed E-state index contributed by atoms with van der Waals surface area (Å²) < 4.78 is 7.15. The van der Waals surface area contributed by atoms with E-state index in [9.17, 15) is 0 Å². The fourth-order valence-corrected chi connectivity index (χ4v) is 16.2. The maximum Gasteiger partial charge on any atom is -1.00 e. The van der Waals surface area contributed by atoms with Crippen LogP contribution in [0.5, 0.6) is 0 Å². The molecule has 226 valence electrons. The molecule has 0 fully saturated rings. The summed E-state index contributed by atoms with van der Waals surface area (Å²) in [5.41, 5.74) is 11.7. The largest absolute Gasteiger partial charge is 1.00 e. The normalized spacial score (nSPS) is 13.2. The smallest absolute Gasteiger partial charge is 1.00 e. The summed E-state index contributed by atoms with van der Waals surface area (Å²) in [6.45, 7) is 14.2. The number of rotatable bonds is 4. The minimum absolute atomic E-state index is 0. The monoisotopic (exact) mass is 824 g/mol. The van der Waals surface area contributed by atoms with Crippen molar-refractivity contribution in [2.75, 3.05) is 0 Å². The zero-order valence-corrected chi connectivity index (χ0v) is 33.3. The molecule has 4 aromatic carbocycles. The van der Waals surface area contributed by atoms with Crippen LogP contribution in [0.3, 0.4) is 0 Å². The van der Waals surface area contributed by atoms with Gasteiger partial charge < -0.3 is 24.8 Å². The van der Waals surface area contributed by atoms with Crippen molar-refractivity contribution in [1.82, 2.24) is 0 Å². The third-order valence-electron chi connectivity index (χ3n) is 8.57. The van der Waals surface area contributed by atoms with E-state index in [0.29, 0.717) is 0 Å². The third-order valence-corrected chi connectivity index (χ3v) is 17.3. The van der Waals surface area contributed by atoms with Crippen LogP contribution in [0.4, 0.5) is 0 Å². The number of benzene rings is 4. The molecule has 44 heavy (non-hydrogen) atoms. The van der Waals surface area contributed by atoms with Gasteiger partial charge in [0, 0.05) is 0 Å². The zero-order valence-electron chi connectivity index (χ0n) is 26.2. The van der Waals surface area contributed by atoms with Gasteiger partial charge in [-0.1, -0.05) is 0 Å². The molecule has 2 aliphatic rings. The van der Waals surface area contributed by atoms with Gasteiger partial charge in [-0.15, -0.1) is 0 Å². The van der Waals surface area contributed by atoms with E-state index >= 15 is 0 Å². The van der Waals surface area contributed by atoms with E-state index in [-0.39, 0.29) is 35.6 Å². The van der Waals surface area contributed by atoms with Gasteiger partial charge in [-0.2, -0.15) is 0 Å². The second-order valence-corrected chi connectivity index (χ2v) is 21.4. The Labute approximate surface area is 300 Å². The van der Waals surface area contributed by atoms with Crippen LogP contribution in [0.15, 0.2) is 109 Å². The second kappa shape index (κ2) is 13.8. The molecule has 0 saturated heterocycles. The molecule has 0 aromatic heterocycles. The van der Waals surface area contributed by atoms with Crippen molar-refractivity contribution in [3.63, 3.8) is 0 Å². The first-order valence-electron chi connectivity index (χ1n) is 14.8. The van der Waals surface area contributed by atoms with Crippen LogP contribution in [0.2, 0.25) is 0 Å². The van der Waals surface area contributed by atoms with Gasteiger partial charge in [0.2, 0.25) is 0 Å². The van der Waals surface area contributed by atoms with Crippen LogP contribution in [0.25, 0.3) is 11.1 Å². The molecule has 0 radical (unpaired) electrons. The number of allylic oxidation sites excluding steroid dienone is 4. The predicted molar refractivity (Wildman–Crippen MR) is 185 cm³/mol. The summed E-state index contributed by atoms with van der Waals surface area (Å²) in [7, 11) is 0. The number of fused-ring (bicyclic) bond motifs is 3. The Morgan fingerprint density at radius 3 is 1.84 bits per heavy atom. The molecule has 0 N–H and O–H groups in total. The van der Waals surface area contributed by atoms with Gasteiger partial charge in [0.15, 0.2) is 0 Å². The molecule has 0 unspecified atom stereocenters. The summed E-state index contributed by atoms with van der Waals surface area (Å²) >= 11 is 4.84. The summed E-state index contributed by atoms with van der Waals surface area (Å²) in [4.78, 5) is 0. The first-order valence-corrected chi connectivity index (χ1v) is 20.1. The Balaban J connectivity index is 0.00000221. The Hall–Kier alpha value is -1.35. The summed E-state index contributed by atoms with van der Waals surface area (Å²) in [6.07, 6.45) is 9.17. The van der Waals surface area contributed by atoms with Gasteiger partial charge in [-0.05, 0) is 0 Å². The minimum Gasteiger partial charge on any atom is -1.00 e. The van der Waals surface area contributed by atoms with Crippen LogP contribution in [0, 0.1) is 0 Å². The van der Waals surface area contributed by atoms with Crippen molar-refractivity contribution in [3.8, 4) is 11.1 Å². The van der Waals surface area contributed by atoms with E-state index in [1.807, 2.05) is 0 Å². The van der Waals surface area contributed by atoms with Crippen LogP contribution in [0.1, 0.15) is 81.3 Å². The standard InChI is InChI=1S/C21H25.C13H8Br2.C5H5.2ClH.Zr/c1-20(2,3)16-7-9-18-14(12-16)11-15-13-17(21(4,5)6)8-10-19(15)18;14-12-5-1-3-10(8-12)7-11-4-2-6-13(15)9-11;1-2-4-5-3-1;;;/h7-10,12H,11H2,1-6H3;1-6,8-9H;1-3H,4H2;2*1H;/q;;;;;+2/p-2. The predicted octanol–water partition coefficient (Wildman–Crippen LogP) is 4.74. The first-order chi connectivity index (χ1) is 19.9. The molecule has 2 aliphatic carbocycles. The molecule has 4 aromatic rings. The van der Waals surface area contributed by atoms with Crippen molar-refractivity contribution < 1.29 is 46.1 Å². The molecule has 0 amide bonds. The van der Waals surface area contributed by atoms with Crippen molar-refractivity contribution in [1.29, 1.82) is 0 Å². The maximum absolute atomic E-state index is 3.82. The quantitative estimate of drug-likeness (QED) is 0.246. The second-order valence-electron chi connectivity index (χ2n) is 13.7. The van der Waals surface area contributed by atoms with E-state index in [1.165, 1.54) is 38.9 Å². The molecule has 0 nitrogen and oxygen atoms in total. The Morgan fingerprint density at radius 1 is 0.705 bits per heavy atom. The molecule has 0 atom stereocenters. The Morgan fingerprint density at radius 2 is 1.32 bits per heavy atom. The van der Waals surface area contributed by atoms with Gasteiger partial charge in [0.25, 0.3) is 0 Å². The summed E-state index contributed by atoms with van der Waals surface area (Å²) in [6, 6.07) is 30.2. The zero-order chi connectivity index (χ0) is 29.8. The number of hydrogen-bond donors (Lipinski definition) is 0. The van der Waals surface area contributed by atoms with Gasteiger partial charge in [-0.25, -0.2) is 0 Å². The van der Waals surface area contributed by atoms with Crippen molar-refractivity contribution in [2.24, 2.45) is 0 Å². The molecule has 6 rings (SSSR count). The topological polar surface area (TPSA) is 0 Å². The van der Waals surface area contributed by atoms with Crippen LogP contribution in [-0.4, -0.2) is 3.21 Å². The molecule has 5 heteroatoms. The van der Waals surface area contributed by atoms with E-state index in [1.54, 1.807) is 15.3 Å². The SMILES string of the molecule is CC(C)(C)c1ccc2c(c1)Cc1c-2ccc(C(C)(C)C)[c]1[Zr+2]([C]1=CC=CC1)=[C](c1cccc(Br)c1)c1cccc(Br)c1.[Cl-].[Cl-]. The fourth-order valence-electron chi connectivity index (χ4n) is 6.48. The molecule has 0 aliphatic heterocycles. The fraction of sp³-hybridized carbons (Fsp3) is 0.256.